The standard InChI is InChI=1S/C15H23NO2/c1-3-9-18-14-6-4-13(5-7-14)11-16-15-8-10-17-12(15)2/h4-7,12,15-16H,3,8-11H2,1-2H3. The van der Waals surface area contributed by atoms with Gasteiger partial charge in [-0.25, -0.2) is 0 Å². The van der Waals surface area contributed by atoms with Crippen molar-refractivity contribution in [1.82, 2.24) is 5.32 Å². The van der Waals surface area contributed by atoms with Gasteiger partial charge in [0.05, 0.1) is 12.7 Å². The molecule has 100 valence electrons. The molecule has 1 aliphatic rings. The van der Waals surface area contributed by atoms with Crippen molar-refractivity contribution in [3.8, 4) is 5.75 Å². The second kappa shape index (κ2) is 6.76. The van der Waals surface area contributed by atoms with Gasteiger partial charge < -0.3 is 14.8 Å². The molecule has 1 aromatic carbocycles. The lowest BCUT2D eigenvalue weighted by molar-refractivity contribution is 0.113. The zero-order valence-corrected chi connectivity index (χ0v) is 11.3. The van der Waals surface area contributed by atoms with Gasteiger partial charge in [0.15, 0.2) is 0 Å². The molecule has 1 fully saturated rings. The maximum Gasteiger partial charge on any atom is 0.119 e. The van der Waals surface area contributed by atoms with Gasteiger partial charge in [-0.15, -0.1) is 0 Å². The van der Waals surface area contributed by atoms with Crippen LogP contribution in [0.25, 0.3) is 0 Å². The second-order valence-electron chi connectivity index (χ2n) is 4.84. The third-order valence-corrected chi connectivity index (χ3v) is 3.34. The molecule has 0 radical (unpaired) electrons. The first-order valence-corrected chi connectivity index (χ1v) is 6.86. The Morgan fingerprint density at radius 3 is 2.72 bits per heavy atom. The Hall–Kier alpha value is -1.06. The van der Waals surface area contributed by atoms with E-state index in [1.165, 1.54) is 5.56 Å². The van der Waals surface area contributed by atoms with Crippen molar-refractivity contribution in [1.29, 1.82) is 0 Å². The predicted molar refractivity (Wildman–Crippen MR) is 72.9 cm³/mol. The maximum atomic E-state index is 5.56. The van der Waals surface area contributed by atoms with Crippen LogP contribution in [0.2, 0.25) is 0 Å². The van der Waals surface area contributed by atoms with Crippen molar-refractivity contribution < 1.29 is 9.47 Å². The molecule has 3 nitrogen and oxygen atoms in total. The van der Waals surface area contributed by atoms with Crippen LogP contribution >= 0.6 is 0 Å². The van der Waals surface area contributed by atoms with Crippen molar-refractivity contribution in [2.45, 2.75) is 45.4 Å². The van der Waals surface area contributed by atoms with E-state index in [1.54, 1.807) is 0 Å². The summed E-state index contributed by atoms with van der Waals surface area (Å²) in [7, 11) is 0. The van der Waals surface area contributed by atoms with Crippen LogP contribution in [0.15, 0.2) is 24.3 Å². The minimum absolute atomic E-state index is 0.331. The summed E-state index contributed by atoms with van der Waals surface area (Å²) >= 11 is 0. The molecule has 1 N–H and O–H groups in total. The van der Waals surface area contributed by atoms with Crippen LogP contribution in [0.3, 0.4) is 0 Å². The van der Waals surface area contributed by atoms with E-state index in [-0.39, 0.29) is 0 Å². The van der Waals surface area contributed by atoms with E-state index in [4.69, 9.17) is 9.47 Å². The Kier molecular flexibility index (Phi) is 5.02. The third-order valence-electron chi connectivity index (χ3n) is 3.34. The summed E-state index contributed by atoms with van der Waals surface area (Å²) < 4.78 is 11.1. The quantitative estimate of drug-likeness (QED) is 0.841. The van der Waals surface area contributed by atoms with Gasteiger partial charge in [-0.2, -0.15) is 0 Å². The van der Waals surface area contributed by atoms with Crippen LogP contribution < -0.4 is 10.1 Å². The lowest BCUT2D eigenvalue weighted by Crippen LogP contribution is -2.34. The summed E-state index contributed by atoms with van der Waals surface area (Å²) in [5.74, 6) is 0.957. The number of hydrogen-bond acceptors (Lipinski definition) is 3. The van der Waals surface area contributed by atoms with Gasteiger partial charge in [-0.1, -0.05) is 19.1 Å². The number of ether oxygens (including phenoxy) is 2. The van der Waals surface area contributed by atoms with Gasteiger partial charge >= 0.3 is 0 Å². The highest BCUT2D eigenvalue weighted by Gasteiger charge is 2.23. The average Bonchev–Trinajstić information content (AvgIpc) is 2.81. The Balaban J connectivity index is 1.79. The average molecular weight is 249 g/mol. The summed E-state index contributed by atoms with van der Waals surface area (Å²) in [5, 5.41) is 3.54. The van der Waals surface area contributed by atoms with Gasteiger partial charge in [0.25, 0.3) is 0 Å². The van der Waals surface area contributed by atoms with Crippen LogP contribution in [0.1, 0.15) is 32.3 Å². The topological polar surface area (TPSA) is 30.5 Å². The van der Waals surface area contributed by atoms with Crippen LogP contribution in [-0.2, 0) is 11.3 Å². The van der Waals surface area contributed by atoms with Gasteiger partial charge in [0.2, 0.25) is 0 Å². The van der Waals surface area contributed by atoms with E-state index in [9.17, 15) is 0 Å². The lowest BCUT2D eigenvalue weighted by Gasteiger charge is -2.16. The molecule has 1 aliphatic heterocycles. The van der Waals surface area contributed by atoms with Crippen LogP contribution in [-0.4, -0.2) is 25.4 Å². The van der Waals surface area contributed by atoms with Gasteiger partial charge in [-0.3, -0.25) is 0 Å². The van der Waals surface area contributed by atoms with Crippen molar-refractivity contribution in [3.63, 3.8) is 0 Å². The Morgan fingerprint density at radius 2 is 2.11 bits per heavy atom. The zero-order valence-electron chi connectivity index (χ0n) is 11.3. The number of hydrogen-bond donors (Lipinski definition) is 1. The first-order valence-electron chi connectivity index (χ1n) is 6.86. The maximum absolute atomic E-state index is 5.56. The van der Waals surface area contributed by atoms with Crippen molar-refractivity contribution in [2.24, 2.45) is 0 Å². The molecular formula is C15H23NO2. The molecule has 1 aromatic rings. The van der Waals surface area contributed by atoms with E-state index in [1.807, 2.05) is 12.1 Å². The Labute approximate surface area is 109 Å². The highest BCUT2D eigenvalue weighted by Crippen LogP contribution is 2.15. The monoisotopic (exact) mass is 249 g/mol. The third kappa shape index (κ3) is 3.72. The molecule has 0 saturated carbocycles. The highest BCUT2D eigenvalue weighted by molar-refractivity contribution is 5.27. The molecule has 18 heavy (non-hydrogen) atoms. The van der Waals surface area contributed by atoms with E-state index in [0.717, 1.165) is 38.3 Å². The molecule has 1 heterocycles. The summed E-state index contributed by atoms with van der Waals surface area (Å²) in [6.07, 6.45) is 2.49. The minimum atomic E-state index is 0.331. The van der Waals surface area contributed by atoms with E-state index in [2.05, 4.69) is 31.3 Å². The molecule has 0 amide bonds. The Morgan fingerprint density at radius 1 is 1.33 bits per heavy atom. The first kappa shape index (κ1) is 13.4. The van der Waals surface area contributed by atoms with Crippen molar-refractivity contribution in [2.75, 3.05) is 13.2 Å². The molecule has 2 unspecified atom stereocenters. The van der Waals surface area contributed by atoms with Crippen molar-refractivity contribution in [3.05, 3.63) is 29.8 Å². The predicted octanol–water partition coefficient (Wildman–Crippen LogP) is 2.74. The molecule has 0 aliphatic carbocycles. The molecule has 2 atom stereocenters. The van der Waals surface area contributed by atoms with E-state index >= 15 is 0 Å². The molecule has 2 rings (SSSR count). The first-order chi connectivity index (χ1) is 8.79. The van der Waals surface area contributed by atoms with Gasteiger partial charge in [0, 0.05) is 19.2 Å². The number of rotatable bonds is 6. The molecule has 0 bridgehead atoms. The molecule has 0 aromatic heterocycles. The summed E-state index contributed by atoms with van der Waals surface area (Å²) in [4.78, 5) is 0. The van der Waals surface area contributed by atoms with E-state index < -0.39 is 0 Å². The smallest absolute Gasteiger partial charge is 0.119 e. The number of nitrogens with one attached hydrogen (secondary N) is 1. The van der Waals surface area contributed by atoms with Crippen LogP contribution in [0, 0.1) is 0 Å². The normalized spacial score (nSPS) is 23.2. The highest BCUT2D eigenvalue weighted by atomic mass is 16.5. The summed E-state index contributed by atoms with van der Waals surface area (Å²) in [6.45, 7) is 6.80. The van der Waals surface area contributed by atoms with Crippen LogP contribution in [0.4, 0.5) is 0 Å². The zero-order chi connectivity index (χ0) is 12.8. The van der Waals surface area contributed by atoms with E-state index in [0.29, 0.717) is 12.1 Å². The van der Waals surface area contributed by atoms with Crippen molar-refractivity contribution >= 4 is 0 Å². The lowest BCUT2D eigenvalue weighted by atomic mass is 10.1. The van der Waals surface area contributed by atoms with Gasteiger partial charge in [0.1, 0.15) is 5.75 Å². The molecular weight excluding hydrogens is 226 g/mol. The second-order valence-corrected chi connectivity index (χ2v) is 4.84. The minimum Gasteiger partial charge on any atom is -0.494 e. The molecule has 3 heteroatoms. The fourth-order valence-electron chi connectivity index (χ4n) is 2.17. The summed E-state index contributed by atoms with van der Waals surface area (Å²) in [5.41, 5.74) is 1.29. The largest absolute Gasteiger partial charge is 0.494 e. The fourth-order valence-corrected chi connectivity index (χ4v) is 2.17. The Bertz CT molecular complexity index is 350. The SMILES string of the molecule is CCCOc1ccc(CNC2CCOC2C)cc1. The summed E-state index contributed by atoms with van der Waals surface area (Å²) in [6, 6.07) is 8.82. The fraction of sp³-hybridized carbons (Fsp3) is 0.600. The molecule has 0 spiro atoms. The number of benzene rings is 1. The van der Waals surface area contributed by atoms with Gasteiger partial charge in [-0.05, 0) is 37.5 Å². The van der Waals surface area contributed by atoms with Crippen LogP contribution in [0.5, 0.6) is 5.75 Å². The molecule has 1 saturated heterocycles.